The Morgan fingerprint density at radius 2 is 1.75 bits per heavy atom. The number of amides is 1. The van der Waals surface area contributed by atoms with Gasteiger partial charge in [0.25, 0.3) is 0 Å². The van der Waals surface area contributed by atoms with Crippen molar-refractivity contribution in [3.63, 3.8) is 0 Å². The molecule has 11 heteroatoms. The van der Waals surface area contributed by atoms with Crippen LogP contribution in [0.25, 0.3) is 0 Å². The number of nitrogens with two attached hydrogens (primary N) is 1. The summed E-state index contributed by atoms with van der Waals surface area (Å²) in [7, 11) is -3.43. The summed E-state index contributed by atoms with van der Waals surface area (Å²) in [4.78, 5) is 14.9. The van der Waals surface area contributed by atoms with Crippen LogP contribution in [0.5, 0.6) is 0 Å². The maximum atomic E-state index is 13.2. The monoisotopic (exact) mass is 627 g/mol. The first-order valence-corrected chi connectivity index (χ1v) is 16.2. The Morgan fingerprint density at radius 1 is 1.07 bits per heavy atom. The molecule has 3 aromatic rings. The molecule has 234 valence electrons. The third kappa shape index (κ3) is 7.42. The van der Waals surface area contributed by atoms with E-state index in [4.69, 9.17) is 10.5 Å². The van der Waals surface area contributed by atoms with Gasteiger partial charge >= 0.3 is 6.18 Å². The highest BCUT2D eigenvalue weighted by Crippen LogP contribution is 2.39. The summed E-state index contributed by atoms with van der Waals surface area (Å²) in [5.74, 6) is -1.32. The lowest BCUT2D eigenvalue weighted by Gasteiger charge is -2.42. The molecule has 0 saturated carbocycles. The van der Waals surface area contributed by atoms with E-state index in [0.29, 0.717) is 30.9 Å². The summed E-state index contributed by atoms with van der Waals surface area (Å²) in [5.41, 5.74) is 8.09. The highest BCUT2D eigenvalue weighted by atomic mass is 32.2. The molecule has 4 rings (SSSR count). The maximum Gasteiger partial charge on any atom is 0.416 e. The number of benzene rings is 3. The molecule has 7 nitrogen and oxygen atoms in total. The number of halogens is 3. The van der Waals surface area contributed by atoms with Crippen molar-refractivity contribution in [2.45, 2.75) is 62.1 Å². The predicted octanol–water partition coefficient (Wildman–Crippen LogP) is 6.43. The fourth-order valence-electron chi connectivity index (χ4n) is 5.80. The molecular weight excluding hydrogens is 591 g/mol. The van der Waals surface area contributed by atoms with E-state index in [0.717, 1.165) is 36.2 Å². The van der Waals surface area contributed by atoms with Crippen LogP contribution in [0, 0.1) is 11.3 Å². The van der Waals surface area contributed by atoms with E-state index in [1.807, 2.05) is 13.0 Å². The molecule has 1 fully saturated rings. The Labute approximate surface area is 256 Å². The zero-order valence-corrected chi connectivity index (χ0v) is 25.5. The van der Waals surface area contributed by atoms with Crippen molar-refractivity contribution >= 4 is 21.4 Å². The molecule has 0 spiro atoms. The van der Waals surface area contributed by atoms with Crippen molar-refractivity contribution in [3.8, 4) is 6.07 Å². The van der Waals surface area contributed by atoms with Gasteiger partial charge in [0.05, 0.1) is 34.9 Å². The molecule has 1 heterocycles. The number of anilines is 1. The number of carbonyl (C=O) groups excluding carboxylic acids is 1. The number of hydrogen-bond donors (Lipinski definition) is 1. The van der Waals surface area contributed by atoms with Gasteiger partial charge in [0.2, 0.25) is 5.91 Å². The molecule has 1 saturated heterocycles. The lowest BCUT2D eigenvalue weighted by molar-refractivity contribution is -0.137. The topological polar surface area (TPSA) is 113 Å². The molecule has 0 bridgehead atoms. The molecule has 0 aliphatic carbocycles. The van der Waals surface area contributed by atoms with Crippen LogP contribution in [0.2, 0.25) is 0 Å². The van der Waals surface area contributed by atoms with Gasteiger partial charge in [-0.25, -0.2) is 8.42 Å². The van der Waals surface area contributed by atoms with Gasteiger partial charge in [-0.3, -0.25) is 4.79 Å². The van der Waals surface area contributed by atoms with Gasteiger partial charge in [-0.2, -0.15) is 18.4 Å². The predicted molar refractivity (Wildman–Crippen MR) is 162 cm³/mol. The van der Waals surface area contributed by atoms with Crippen LogP contribution >= 0.6 is 0 Å². The highest BCUT2D eigenvalue weighted by Gasteiger charge is 2.33. The quantitative estimate of drug-likeness (QED) is 0.262. The van der Waals surface area contributed by atoms with Crippen LogP contribution in [0.3, 0.4) is 0 Å². The van der Waals surface area contributed by atoms with Gasteiger partial charge in [0.1, 0.15) is 0 Å². The van der Waals surface area contributed by atoms with Crippen molar-refractivity contribution < 1.29 is 31.1 Å². The third-order valence-corrected chi connectivity index (χ3v) is 10.0. The smallest absolute Gasteiger partial charge is 0.380 e. The summed E-state index contributed by atoms with van der Waals surface area (Å²) >= 11 is 0. The average molecular weight is 628 g/mol. The van der Waals surface area contributed by atoms with E-state index >= 15 is 0 Å². The van der Waals surface area contributed by atoms with Crippen molar-refractivity contribution in [2.75, 3.05) is 30.4 Å². The number of hydrogen-bond acceptors (Lipinski definition) is 6. The van der Waals surface area contributed by atoms with Crippen LogP contribution < -0.4 is 10.6 Å². The molecule has 1 amide bonds. The number of rotatable bonds is 11. The van der Waals surface area contributed by atoms with Gasteiger partial charge in [0.15, 0.2) is 9.84 Å². The Bertz CT molecular complexity index is 1600. The summed E-state index contributed by atoms with van der Waals surface area (Å²) in [6.07, 6.45) is -2.91. The number of nitriles is 1. The minimum absolute atomic E-state index is 0.0140. The van der Waals surface area contributed by atoms with Crippen LogP contribution in [0.1, 0.15) is 77.6 Å². The van der Waals surface area contributed by atoms with Crippen molar-refractivity contribution in [1.82, 2.24) is 0 Å². The molecular formula is C33H36F3N3O4S. The fourth-order valence-corrected chi connectivity index (χ4v) is 6.69. The Hall–Kier alpha value is -3.88. The summed E-state index contributed by atoms with van der Waals surface area (Å²) < 4.78 is 70.0. The van der Waals surface area contributed by atoms with E-state index in [9.17, 15) is 31.6 Å². The second-order valence-corrected chi connectivity index (χ2v) is 13.2. The first-order chi connectivity index (χ1) is 20.9. The van der Waals surface area contributed by atoms with E-state index in [2.05, 4.69) is 11.0 Å². The number of alkyl halides is 3. The lowest BCUT2D eigenvalue weighted by atomic mass is 9.84. The molecule has 3 aromatic carbocycles. The van der Waals surface area contributed by atoms with Crippen LogP contribution in [0.15, 0.2) is 71.6 Å². The van der Waals surface area contributed by atoms with Gasteiger partial charge < -0.3 is 15.4 Å². The Balaban J connectivity index is 1.75. The average Bonchev–Trinajstić information content (AvgIpc) is 3.02. The Morgan fingerprint density at radius 3 is 2.32 bits per heavy atom. The van der Waals surface area contributed by atoms with E-state index < -0.39 is 33.4 Å². The van der Waals surface area contributed by atoms with Crippen LogP contribution in [-0.4, -0.2) is 45.9 Å². The molecule has 3 atom stereocenters. The molecule has 0 aromatic heterocycles. The molecule has 0 unspecified atom stereocenters. The van der Waals surface area contributed by atoms with Crippen LogP contribution in [-0.2, 0) is 20.8 Å². The molecule has 2 N–H and O–H groups in total. The number of carbonyl (C=O) groups is 1. The maximum absolute atomic E-state index is 13.2. The third-order valence-electron chi connectivity index (χ3n) is 8.25. The van der Waals surface area contributed by atoms with Gasteiger partial charge in [-0.15, -0.1) is 0 Å². The molecule has 0 radical (unpaired) electrons. The van der Waals surface area contributed by atoms with Gasteiger partial charge in [-0.1, -0.05) is 31.2 Å². The second kappa shape index (κ2) is 13.8. The number of ether oxygens (including phenoxy) is 1. The van der Waals surface area contributed by atoms with Crippen LogP contribution in [0.4, 0.5) is 18.9 Å². The van der Waals surface area contributed by atoms with E-state index in [-0.39, 0.29) is 34.6 Å². The van der Waals surface area contributed by atoms with Gasteiger partial charge in [0, 0.05) is 42.7 Å². The Kier molecular flexibility index (Phi) is 10.4. The number of piperidine rings is 1. The lowest BCUT2D eigenvalue weighted by Crippen LogP contribution is -2.45. The second-order valence-electron chi connectivity index (χ2n) is 10.9. The largest absolute Gasteiger partial charge is 0.416 e. The van der Waals surface area contributed by atoms with E-state index in [1.54, 1.807) is 31.2 Å². The molecule has 1 aliphatic heterocycles. The minimum Gasteiger partial charge on any atom is -0.380 e. The summed E-state index contributed by atoms with van der Waals surface area (Å²) in [5, 5.41) is 9.74. The van der Waals surface area contributed by atoms with Crippen molar-refractivity contribution in [2.24, 2.45) is 5.73 Å². The first kappa shape index (κ1) is 33.0. The van der Waals surface area contributed by atoms with E-state index in [1.165, 1.54) is 24.3 Å². The zero-order chi connectivity index (χ0) is 32.1. The SMILES string of the molecule is CCOC[C@H]1CC[C@@H](c2ccc(C(F)(F)F)cc2)CN1c1ccc(C(N)=O)c([C@H](CC#N)c2ccc(S(=O)(=O)CC)cc2)c1. The van der Waals surface area contributed by atoms with Gasteiger partial charge in [-0.05, 0) is 78.9 Å². The first-order valence-electron chi connectivity index (χ1n) is 14.5. The highest BCUT2D eigenvalue weighted by molar-refractivity contribution is 7.91. The number of sulfone groups is 1. The number of nitrogens with zero attached hydrogens (tertiary/aromatic N) is 2. The zero-order valence-electron chi connectivity index (χ0n) is 24.7. The van der Waals surface area contributed by atoms with Crippen molar-refractivity contribution in [3.05, 3.63) is 94.5 Å². The molecule has 1 aliphatic rings. The number of primary amides is 1. The summed E-state index contributed by atoms with van der Waals surface area (Å²) in [6.45, 7) is 4.94. The fraction of sp³-hybridized carbons (Fsp3) is 0.394. The normalized spacial score (nSPS) is 18.0. The minimum atomic E-state index is -4.41. The molecule has 44 heavy (non-hydrogen) atoms. The standard InChI is InChI=1S/C33H36F3N3O4S/c1-3-43-21-27-12-7-24(22-5-10-25(11-6-22)33(34,35)36)20-39(27)26-13-16-30(32(38)40)31(19-26)29(17-18-37)23-8-14-28(15-9-23)44(41,42)4-2/h5-6,8-11,13-16,19,24,27,29H,3-4,7,12,17,20-21H2,1-2H3,(H2,38,40)/t24-,27-,29-/m1/s1. The van der Waals surface area contributed by atoms with Crippen molar-refractivity contribution in [1.29, 1.82) is 5.26 Å². The summed E-state index contributed by atoms with van der Waals surface area (Å²) in [6, 6.07) is 19.0.